The predicted octanol–water partition coefficient (Wildman–Crippen LogP) is -4.23. The molecule has 0 atom stereocenters. The average molecular weight is 256 g/mol. The summed E-state index contributed by atoms with van der Waals surface area (Å²) in [6.07, 6.45) is 0. The van der Waals surface area contributed by atoms with Gasteiger partial charge in [0.1, 0.15) is 0 Å². The van der Waals surface area contributed by atoms with Gasteiger partial charge in [-0.2, -0.15) is 0 Å². The van der Waals surface area contributed by atoms with Gasteiger partial charge in [0.15, 0.2) is 0 Å². The van der Waals surface area contributed by atoms with Crippen molar-refractivity contribution in [3.8, 4) is 0 Å². The molecule has 0 aliphatic heterocycles. The Kier molecular flexibility index (Phi) is 12.8. The molecule has 0 fully saturated rings. The van der Waals surface area contributed by atoms with Gasteiger partial charge in [-0.3, -0.25) is 0 Å². The molecule has 1 aromatic rings. The van der Waals surface area contributed by atoms with Crippen LogP contribution < -0.4 is 56.5 Å². The molecule has 0 spiro atoms. The zero-order chi connectivity index (χ0) is 9.14. The molecule has 0 amide bonds. The number of aromatic carboxylic acids is 2. The Labute approximate surface area is 136 Å². The fraction of sp³-hybridized carbons (Fsp3) is 0. The van der Waals surface area contributed by atoms with Crippen molar-refractivity contribution in [2.75, 3.05) is 0 Å². The third-order valence-corrected chi connectivity index (χ3v) is 1.35. The van der Waals surface area contributed by atoms with Crippen LogP contribution in [0.2, 0.25) is 0 Å². The van der Waals surface area contributed by atoms with Gasteiger partial charge in [0.25, 0.3) is 0 Å². The molecule has 0 bridgehead atoms. The summed E-state index contributed by atoms with van der Waals surface area (Å²) < 4.78 is 0. The van der Waals surface area contributed by atoms with Crippen molar-refractivity contribution >= 4 is 25.4 Å². The minimum Gasteiger partial charge on any atom is -0.870 e. The van der Waals surface area contributed by atoms with Crippen molar-refractivity contribution in [1.29, 1.82) is 0 Å². The van der Waals surface area contributed by atoms with Crippen LogP contribution >= 0.6 is 0 Å². The van der Waals surface area contributed by atoms with Crippen LogP contribution in [0, 0.1) is 0 Å². The summed E-state index contributed by atoms with van der Waals surface area (Å²) >= 11 is 0. The van der Waals surface area contributed by atoms with E-state index in [2.05, 4.69) is 0 Å². The van der Waals surface area contributed by atoms with Gasteiger partial charge >= 0.3 is 57.4 Å². The number of benzene rings is 1. The topological polar surface area (TPSA) is 107 Å². The molecule has 0 heterocycles. The van der Waals surface area contributed by atoms with Crippen molar-refractivity contribution in [1.82, 2.24) is 0 Å². The molecule has 1 aromatic carbocycles. The van der Waals surface area contributed by atoms with Gasteiger partial charge in [-0.1, -0.05) is 25.6 Å². The molecule has 2 N–H and O–H groups in total. The van der Waals surface area contributed by atoms with Crippen LogP contribution in [0.5, 0.6) is 0 Å². The second-order valence-corrected chi connectivity index (χ2v) is 2.17. The van der Waals surface area contributed by atoms with E-state index in [9.17, 15) is 14.7 Å². The van der Waals surface area contributed by atoms with Crippen molar-refractivity contribution in [2.24, 2.45) is 0 Å². The summed E-state index contributed by atoms with van der Waals surface area (Å²) in [6, 6.07) is 5.00. The minimum atomic E-state index is -1.38. The maximum Gasteiger partial charge on any atom is 1.00 e. The molecule has 15 heavy (non-hydrogen) atoms. The van der Waals surface area contributed by atoms with Crippen molar-refractivity contribution in [3.05, 3.63) is 35.4 Å². The molecular weight excluding hydrogens is 247 g/mol. The van der Waals surface area contributed by atoms with Crippen LogP contribution in [0.3, 0.4) is 0 Å². The molecule has 5 nitrogen and oxygen atoms in total. The molecule has 0 aliphatic carbocycles. The Morgan fingerprint density at radius 1 is 1.20 bits per heavy atom. The monoisotopic (exact) mass is 256 g/mol. The third-order valence-electron chi connectivity index (χ3n) is 1.35. The van der Waals surface area contributed by atoms with E-state index in [4.69, 9.17) is 5.11 Å². The van der Waals surface area contributed by atoms with Gasteiger partial charge in [-0.05, 0) is 17.7 Å². The maximum absolute atomic E-state index is 10.4. The van der Waals surface area contributed by atoms with Crippen molar-refractivity contribution in [2.45, 2.75) is 0 Å². The van der Waals surface area contributed by atoms with E-state index >= 15 is 0 Å². The van der Waals surface area contributed by atoms with E-state index < -0.39 is 11.9 Å². The second kappa shape index (κ2) is 9.34. The van der Waals surface area contributed by atoms with E-state index in [-0.39, 0.29) is 81.5 Å². The van der Waals surface area contributed by atoms with Crippen LogP contribution in [-0.4, -0.2) is 22.5 Å². The molecule has 0 aliphatic rings. The van der Waals surface area contributed by atoms with Crippen molar-refractivity contribution in [3.63, 3.8) is 0 Å². The van der Waals surface area contributed by atoms with Gasteiger partial charge in [0, 0.05) is 0 Å². The van der Waals surface area contributed by atoms with Crippen LogP contribution in [0.4, 0.5) is 0 Å². The zero-order valence-corrected chi connectivity index (χ0v) is 12.3. The molecule has 0 aromatic heterocycles. The summed E-state index contributed by atoms with van der Waals surface area (Å²) in [6.45, 7) is 0. The smallest absolute Gasteiger partial charge is 0.870 e. The quantitative estimate of drug-likeness (QED) is 0.426. The van der Waals surface area contributed by atoms with Crippen LogP contribution in [-0.2, 0) is 13.5 Å². The van der Waals surface area contributed by atoms with Crippen LogP contribution in [0.1, 0.15) is 20.7 Å². The third kappa shape index (κ3) is 6.31. The number of carboxylic acids is 2. The fourth-order valence-electron chi connectivity index (χ4n) is 0.779. The summed E-state index contributed by atoms with van der Waals surface area (Å²) in [5.74, 6) is -2.53. The minimum absolute atomic E-state index is 0. The fourth-order valence-corrected chi connectivity index (χ4v) is 0.779. The number of hydrogen-bond donors (Lipinski definition) is 1. The zero-order valence-electron chi connectivity index (χ0n) is 8.01. The first kappa shape index (κ1) is 20.5. The molecule has 1 rings (SSSR count). The first-order valence-corrected chi connectivity index (χ1v) is 3.16. The number of carbonyl (C=O) groups is 2. The summed E-state index contributed by atoms with van der Waals surface area (Å²) in [5.41, 5.74) is -0.188. The van der Waals surface area contributed by atoms with Gasteiger partial charge in [-0.15, -0.1) is 0 Å². The standard InChI is InChI=1S/C8H6O4.K.H2O.H2S/c9-7(10)5-2-1-3-6(4-5)8(11)12;;;/h1-4H,(H,9,10)(H,11,12);;2*1H2/q;+1;;/p-1. The first-order valence-electron chi connectivity index (χ1n) is 3.16. The van der Waals surface area contributed by atoms with Crippen LogP contribution in [0.25, 0.3) is 0 Å². The predicted molar refractivity (Wildman–Crippen MR) is 51.2 cm³/mol. The molecule has 0 saturated carbocycles. The van der Waals surface area contributed by atoms with E-state index in [1.54, 1.807) is 0 Å². The Bertz CT molecular complexity index is 312. The summed E-state index contributed by atoms with van der Waals surface area (Å²) in [4.78, 5) is 20.6. The number of rotatable bonds is 2. The van der Waals surface area contributed by atoms with Crippen LogP contribution in [0.15, 0.2) is 24.3 Å². The van der Waals surface area contributed by atoms with E-state index in [1.807, 2.05) is 0 Å². The van der Waals surface area contributed by atoms with Gasteiger partial charge in [0.05, 0.1) is 11.5 Å². The maximum atomic E-state index is 10.4. The first-order chi connectivity index (χ1) is 5.61. The number of carbonyl (C=O) groups excluding carboxylic acids is 1. The van der Waals surface area contributed by atoms with Crippen molar-refractivity contribution < 1.29 is 76.7 Å². The Morgan fingerprint density at radius 3 is 2.07 bits per heavy atom. The Hall–Kier alpha value is 0.106. The van der Waals surface area contributed by atoms with E-state index in [0.29, 0.717) is 0 Å². The van der Waals surface area contributed by atoms with Gasteiger partial charge < -0.3 is 20.5 Å². The number of carboxylic acid groups (broad SMARTS) is 2. The average Bonchev–Trinajstić information content (AvgIpc) is 2.04. The molecule has 0 radical (unpaired) electrons. The molecule has 7 heteroatoms. The molecule has 78 valence electrons. The van der Waals surface area contributed by atoms with E-state index in [0.717, 1.165) is 6.07 Å². The second-order valence-electron chi connectivity index (χ2n) is 2.17. The Morgan fingerprint density at radius 2 is 1.67 bits per heavy atom. The molecule has 0 saturated heterocycles. The van der Waals surface area contributed by atoms with Gasteiger partial charge in [0.2, 0.25) is 0 Å². The summed E-state index contributed by atoms with van der Waals surface area (Å²) in [5, 5.41) is 18.7. The molecule has 0 unspecified atom stereocenters. The van der Waals surface area contributed by atoms with Gasteiger partial charge in [-0.25, -0.2) is 4.79 Å². The largest absolute Gasteiger partial charge is 1.00 e. The number of hydrogen-bond acceptors (Lipinski definition) is 4. The molecular formula is C8H9KO5S. The SMILES string of the molecule is O=C([O-])c1cccc(C(=O)O)c1.[K+].[OH-].[SH3+]. The summed E-state index contributed by atoms with van der Waals surface area (Å²) in [7, 11) is 0. The Balaban J connectivity index is -0.000000480. The van der Waals surface area contributed by atoms with E-state index in [1.165, 1.54) is 18.2 Å². The normalized spacial score (nSPS) is 7.47.